The lowest BCUT2D eigenvalue weighted by Crippen LogP contribution is -2.00. The monoisotopic (exact) mass is 234 g/mol. The third-order valence-electron chi connectivity index (χ3n) is 2.81. The molecule has 0 amide bonds. The van der Waals surface area contributed by atoms with Gasteiger partial charge in [0.15, 0.2) is 0 Å². The van der Waals surface area contributed by atoms with Gasteiger partial charge in [-0.3, -0.25) is 0 Å². The summed E-state index contributed by atoms with van der Waals surface area (Å²) in [7, 11) is 0. The molecule has 0 aliphatic heterocycles. The summed E-state index contributed by atoms with van der Waals surface area (Å²) in [4.78, 5) is 0. The van der Waals surface area contributed by atoms with E-state index in [0.717, 1.165) is 11.3 Å². The molecule has 0 saturated carbocycles. The zero-order valence-electron chi connectivity index (χ0n) is 9.69. The maximum absolute atomic E-state index is 13.1. The minimum atomic E-state index is -0.584. The standard InChI is InChI=1S/C14H15FO2/c1-10-9-11(4-6-13(10)15)14(16)7-5-12-3-2-8-17-12/h2-4,6,8-9,14,16H,5,7H2,1H3. The maximum atomic E-state index is 13.1. The third kappa shape index (κ3) is 2.94. The molecule has 90 valence electrons. The lowest BCUT2D eigenvalue weighted by atomic mass is 10.0. The Labute approximate surface area is 99.7 Å². The van der Waals surface area contributed by atoms with Gasteiger partial charge in [-0.1, -0.05) is 12.1 Å². The van der Waals surface area contributed by atoms with Crippen molar-refractivity contribution in [3.63, 3.8) is 0 Å². The van der Waals surface area contributed by atoms with Gasteiger partial charge in [0.25, 0.3) is 0 Å². The van der Waals surface area contributed by atoms with Crippen molar-refractivity contribution >= 4 is 0 Å². The van der Waals surface area contributed by atoms with E-state index in [1.54, 1.807) is 25.3 Å². The van der Waals surface area contributed by atoms with E-state index >= 15 is 0 Å². The van der Waals surface area contributed by atoms with E-state index in [1.807, 2.05) is 12.1 Å². The van der Waals surface area contributed by atoms with Crippen LogP contribution < -0.4 is 0 Å². The van der Waals surface area contributed by atoms with Gasteiger partial charge in [-0.25, -0.2) is 4.39 Å². The zero-order valence-corrected chi connectivity index (χ0v) is 9.69. The predicted molar refractivity (Wildman–Crippen MR) is 63.1 cm³/mol. The molecule has 1 heterocycles. The van der Waals surface area contributed by atoms with E-state index < -0.39 is 6.10 Å². The number of aryl methyl sites for hydroxylation is 2. The molecule has 0 aliphatic rings. The van der Waals surface area contributed by atoms with E-state index in [2.05, 4.69) is 0 Å². The Hall–Kier alpha value is -1.61. The van der Waals surface area contributed by atoms with Gasteiger partial charge in [-0.2, -0.15) is 0 Å². The fraction of sp³-hybridized carbons (Fsp3) is 0.286. The first-order valence-electron chi connectivity index (χ1n) is 5.63. The van der Waals surface area contributed by atoms with E-state index in [9.17, 15) is 9.50 Å². The van der Waals surface area contributed by atoms with Crippen LogP contribution in [0.5, 0.6) is 0 Å². The molecular formula is C14H15FO2. The molecule has 0 radical (unpaired) electrons. The SMILES string of the molecule is Cc1cc(C(O)CCc2ccco2)ccc1F. The van der Waals surface area contributed by atoms with E-state index in [-0.39, 0.29) is 5.82 Å². The summed E-state index contributed by atoms with van der Waals surface area (Å²) in [5.41, 5.74) is 1.30. The van der Waals surface area contributed by atoms with Crippen LogP contribution in [0.25, 0.3) is 0 Å². The average molecular weight is 234 g/mol. The summed E-state index contributed by atoms with van der Waals surface area (Å²) in [5, 5.41) is 9.97. The summed E-state index contributed by atoms with van der Waals surface area (Å²) in [6.45, 7) is 1.69. The van der Waals surface area contributed by atoms with Crippen molar-refractivity contribution in [2.24, 2.45) is 0 Å². The molecule has 2 aromatic rings. The molecule has 17 heavy (non-hydrogen) atoms. The summed E-state index contributed by atoms with van der Waals surface area (Å²) >= 11 is 0. The van der Waals surface area contributed by atoms with E-state index in [1.165, 1.54) is 6.07 Å². The Morgan fingerprint density at radius 3 is 2.82 bits per heavy atom. The second kappa shape index (κ2) is 5.15. The van der Waals surface area contributed by atoms with Crippen LogP contribution in [0.15, 0.2) is 41.0 Å². The van der Waals surface area contributed by atoms with Crippen molar-refractivity contribution in [2.75, 3.05) is 0 Å². The highest BCUT2D eigenvalue weighted by molar-refractivity contribution is 5.25. The number of aliphatic hydroxyl groups excluding tert-OH is 1. The lowest BCUT2D eigenvalue weighted by Gasteiger charge is -2.11. The first kappa shape index (κ1) is 11.9. The molecule has 1 atom stereocenters. The Bertz CT molecular complexity index is 477. The number of furan rings is 1. The van der Waals surface area contributed by atoms with Crippen LogP contribution in [0, 0.1) is 12.7 Å². The number of aliphatic hydroxyl groups is 1. The smallest absolute Gasteiger partial charge is 0.126 e. The molecule has 1 aromatic carbocycles. The van der Waals surface area contributed by atoms with Crippen molar-refractivity contribution in [3.05, 3.63) is 59.3 Å². The highest BCUT2D eigenvalue weighted by Gasteiger charge is 2.10. The molecule has 1 N–H and O–H groups in total. The Balaban J connectivity index is 1.99. The molecule has 1 aromatic heterocycles. The summed E-state index contributed by atoms with van der Waals surface area (Å²) in [6.07, 6.45) is 2.27. The van der Waals surface area contributed by atoms with Crippen LogP contribution in [0.2, 0.25) is 0 Å². The number of rotatable bonds is 4. The number of halogens is 1. The van der Waals surface area contributed by atoms with Crippen molar-refractivity contribution in [1.82, 2.24) is 0 Å². The Morgan fingerprint density at radius 2 is 2.18 bits per heavy atom. The molecule has 0 bridgehead atoms. The van der Waals surface area contributed by atoms with Gasteiger partial charge < -0.3 is 9.52 Å². The third-order valence-corrected chi connectivity index (χ3v) is 2.81. The quantitative estimate of drug-likeness (QED) is 0.879. The van der Waals surface area contributed by atoms with Crippen LogP contribution in [-0.4, -0.2) is 5.11 Å². The van der Waals surface area contributed by atoms with Gasteiger partial charge in [0.1, 0.15) is 11.6 Å². The molecule has 0 spiro atoms. The molecule has 0 fully saturated rings. The number of hydrogen-bond donors (Lipinski definition) is 1. The number of hydrogen-bond acceptors (Lipinski definition) is 2. The van der Waals surface area contributed by atoms with Crippen LogP contribution in [0.4, 0.5) is 4.39 Å². The van der Waals surface area contributed by atoms with Gasteiger partial charge >= 0.3 is 0 Å². The highest BCUT2D eigenvalue weighted by atomic mass is 19.1. The predicted octanol–water partition coefficient (Wildman–Crippen LogP) is 3.39. The maximum Gasteiger partial charge on any atom is 0.126 e. The van der Waals surface area contributed by atoms with Gasteiger partial charge in [0, 0.05) is 6.42 Å². The Morgan fingerprint density at radius 1 is 1.35 bits per heavy atom. The number of benzene rings is 1. The van der Waals surface area contributed by atoms with Crippen molar-refractivity contribution in [1.29, 1.82) is 0 Å². The molecule has 1 unspecified atom stereocenters. The van der Waals surface area contributed by atoms with Gasteiger partial charge in [-0.15, -0.1) is 0 Å². The van der Waals surface area contributed by atoms with Crippen LogP contribution in [-0.2, 0) is 6.42 Å². The summed E-state index contributed by atoms with van der Waals surface area (Å²) < 4.78 is 18.3. The minimum Gasteiger partial charge on any atom is -0.469 e. The second-order valence-corrected chi connectivity index (χ2v) is 4.14. The fourth-order valence-electron chi connectivity index (χ4n) is 1.78. The minimum absolute atomic E-state index is 0.244. The molecule has 2 nitrogen and oxygen atoms in total. The second-order valence-electron chi connectivity index (χ2n) is 4.14. The van der Waals surface area contributed by atoms with Crippen LogP contribution in [0.3, 0.4) is 0 Å². The van der Waals surface area contributed by atoms with Crippen molar-refractivity contribution in [2.45, 2.75) is 25.9 Å². The van der Waals surface area contributed by atoms with Crippen LogP contribution >= 0.6 is 0 Å². The Kier molecular flexibility index (Phi) is 3.59. The fourth-order valence-corrected chi connectivity index (χ4v) is 1.78. The first-order valence-corrected chi connectivity index (χ1v) is 5.63. The van der Waals surface area contributed by atoms with Crippen LogP contribution in [0.1, 0.15) is 29.4 Å². The van der Waals surface area contributed by atoms with Gasteiger partial charge in [0.2, 0.25) is 0 Å². The molecule has 0 aliphatic carbocycles. The largest absolute Gasteiger partial charge is 0.469 e. The molecule has 3 heteroatoms. The molecular weight excluding hydrogens is 219 g/mol. The molecule has 2 rings (SSSR count). The van der Waals surface area contributed by atoms with E-state index in [4.69, 9.17) is 4.42 Å². The normalized spacial score (nSPS) is 12.6. The lowest BCUT2D eigenvalue weighted by molar-refractivity contribution is 0.165. The van der Waals surface area contributed by atoms with Crippen molar-refractivity contribution in [3.8, 4) is 0 Å². The van der Waals surface area contributed by atoms with Gasteiger partial charge in [-0.05, 0) is 42.7 Å². The topological polar surface area (TPSA) is 33.4 Å². The van der Waals surface area contributed by atoms with Crippen molar-refractivity contribution < 1.29 is 13.9 Å². The highest BCUT2D eigenvalue weighted by Crippen LogP contribution is 2.21. The molecule has 0 saturated heterocycles. The first-order chi connectivity index (χ1) is 8.16. The average Bonchev–Trinajstić information content (AvgIpc) is 2.82. The van der Waals surface area contributed by atoms with E-state index in [0.29, 0.717) is 18.4 Å². The summed E-state index contributed by atoms with van der Waals surface area (Å²) in [6, 6.07) is 8.39. The van der Waals surface area contributed by atoms with Gasteiger partial charge in [0.05, 0.1) is 12.4 Å². The zero-order chi connectivity index (χ0) is 12.3. The summed E-state index contributed by atoms with van der Waals surface area (Å²) in [5.74, 6) is 0.606.